The Hall–Kier alpha value is -1.14. The normalized spacial score (nSPS) is 19.5. The molecule has 1 atom stereocenters. The van der Waals surface area contributed by atoms with Crippen molar-refractivity contribution in [3.05, 3.63) is 15.6 Å². The topological polar surface area (TPSA) is 52.6 Å². The van der Waals surface area contributed by atoms with Gasteiger partial charge >= 0.3 is 0 Å². The number of aryl methyl sites for hydroxylation is 2. The van der Waals surface area contributed by atoms with Gasteiger partial charge < -0.3 is 15.5 Å². The van der Waals surface area contributed by atoms with Gasteiger partial charge in [-0.05, 0) is 53.5 Å². The lowest BCUT2D eigenvalue weighted by molar-refractivity contribution is 0.159. The number of hydrogen-bond donors (Lipinski definition) is 2. The Morgan fingerprint density at radius 1 is 1.33 bits per heavy atom. The second kappa shape index (κ2) is 9.99. The van der Waals surface area contributed by atoms with Crippen molar-refractivity contribution < 1.29 is 0 Å². The predicted molar refractivity (Wildman–Crippen MR) is 104 cm³/mol. The highest BCUT2D eigenvalue weighted by atomic mass is 32.1. The Kier molecular flexibility index (Phi) is 7.99. The SMILES string of the molecule is CCNC(=NCc1nc(C)c(C)s1)NCCCN1CCCCC1C. The number of nitrogens with one attached hydrogen (secondary N) is 2. The Labute approximate surface area is 151 Å². The van der Waals surface area contributed by atoms with E-state index in [0.717, 1.165) is 42.2 Å². The van der Waals surface area contributed by atoms with Crippen LogP contribution in [-0.2, 0) is 6.54 Å². The fraction of sp³-hybridized carbons (Fsp3) is 0.778. The largest absolute Gasteiger partial charge is 0.357 e. The first-order valence-corrected chi connectivity index (χ1v) is 10.1. The molecule has 2 N–H and O–H groups in total. The van der Waals surface area contributed by atoms with Gasteiger partial charge in [0, 0.05) is 30.6 Å². The maximum Gasteiger partial charge on any atom is 0.191 e. The number of aromatic nitrogens is 1. The summed E-state index contributed by atoms with van der Waals surface area (Å²) in [6.45, 7) is 13.6. The van der Waals surface area contributed by atoms with Gasteiger partial charge in [-0.1, -0.05) is 6.42 Å². The highest BCUT2D eigenvalue weighted by Gasteiger charge is 2.17. The van der Waals surface area contributed by atoms with Crippen LogP contribution in [0.25, 0.3) is 0 Å². The molecule has 0 amide bonds. The molecule has 1 saturated heterocycles. The summed E-state index contributed by atoms with van der Waals surface area (Å²) in [5.41, 5.74) is 1.12. The van der Waals surface area contributed by atoms with E-state index >= 15 is 0 Å². The number of hydrogen-bond acceptors (Lipinski definition) is 4. The molecular weight excluding hydrogens is 318 g/mol. The monoisotopic (exact) mass is 351 g/mol. The van der Waals surface area contributed by atoms with Crippen molar-refractivity contribution in [2.75, 3.05) is 26.2 Å². The van der Waals surface area contributed by atoms with Crippen molar-refractivity contribution in [3.63, 3.8) is 0 Å². The van der Waals surface area contributed by atoms with Gasteiger partial charge in [-0.25, -0.2) is 9.98 Å². The number of rotatable bonds is 7. The van der Waals surface area contributed by atoms with Crippen LogP contribution in [0.5, 0.6) is 0 Å². The van der Waals surface area contributed by atoms with Gasteiger partial charge in [-0.15, -0.1) is 11.3 Å². The van der Waals surface area contributed by atoms with E-state index in [2.05, 4.69) is 53.2 Å². The van der Waals surface area contributed by atoms with Crippen LogP contribution in [0.4, 0.5) is 0 Å². The molecule has 0 bridgehead atoms. The summed E-state index contributed by atoms with van der Waals surface area (Å²) in [6, 6.07) is 0.747. The van der Waals surface area contributed by atoms with Crippen LogP contribution in [0.1, 0.15) is 55.1 Å². The predicted octanol–water partition coefficient (Wildman–Crippen LogP) is 3.08. The number of thiazole rings is 1. The standard InChI is InChI=1S/C18H33N5S/c1-5-19-18(21-13-17-22-15(3)16(4)24-17)20-10-8-12-23-11-7-6-9-14(23)2/h14H,5-13H2,1-4H3,(H2,19,20,21). The third-order valence-electron chi connectivity index (χ3n) is 4.64. The molecule has 1 unspecified atom stereocenters. The highest BCUT2D eigenvalue weighted by molar-refractivity contribution is 7.11. The van der Waals surface area contributed by atoms with Crippen molar-refractivity contribution in [2.24, 2.45) is 4.99 Å². The number of piperidine rings is 1. The van der Waals surface area contributed by atoms with Crippen molar-refractivity contribution in [1.29, 1.82) is 0 Å². The maximum atomic E-state index is 4.67. The lowest BCUT2D eigenvalue weighted by Gasteiger charge is -2.33. The van der Waals surface area contributed by atoms with Gasteiger partial charge in [0.05, 0.1) is 12.2 Å². The van der Waals surface area contributed by atoms with Gasteiger partial charge in [-0.2, -0.15) is 0 Å². The zero-order chi connectivity index (χ0) is 17.4. The minimum absolute atomic E-state index is 0.651. The fourth-order valence-corrected chi connectivity index (χ4v) is 3.93. The Morgan fingerprint density at radius 3 is 2.83 bits per heavy atom. The molecule has 1 aliphatic rings. The summed E-state index contributed by atoms with van der Waals surface area (Å²) in [5, 5.41) is 7.87. The van der Waals surface area contributed by atoms with Crippen molar-refractivity contribution >= 4 is 17.3 Å². The summed E-state index contributed by atoms with van der Waals surface area (Å²) in [5.74, 6) is 0.898. The Bertz CT molecular complexity index is 506. The van der Waals surface area contributed by atoms with E-state index < -0.39 is 0 Å². The average Bonchev–Trinajstić information content (AvgIpc) is 2.89. The molecule has 0 spiro atoms. The molecule has 136 valence electrons. The molecule has 1 fully saturated rings. The van der Waals surface area contributed by atoms with E-state index in [9.17, 15) is 0 Å². The van der Waals surface area contributed by atoms with E-state index in [4.69, 9.17) is 0 Å². The number of likely N-dealkylation sites (tertiary alicyclic amines) is 1. The lowest BCUT2D eigenvalue weighted by atomic mass is 10.0. The van der Waals surface area contributed by atoms with E-state index in [1.165, 1.54) is 37.2 Å². The summed E-state index contributed by atoms with van der Waals surface area (Å²) in [7, 11) is 0. The average molecular weight is 352 g/mol. The minimum Gasteiger partial charge on any atom is -0.357 e. The summed E-state index contributed by atoms with van der Waals surface area (Å²) < 4.78 is 0. The third kappa shape index (κ3) is 6.06. The molecule has 1 aromatic rings. The smallest absolute Gasteiger partial charge is 0.191 e. The van der Waals surface area contributed by atoms with Crippen LogP contribution >= 0.6 is 11.3 Å². The van der Waals surface area contributed by atoms with E-state index in [1.54, 1.807) is 11.3 Å². The van der Waals surface area contributed by atoms with Crippen LogP contribution in [0.2, 0.25) is 0 Å². The van der Waals surface area contributed by atoms with E-state index in [-0.39, 0.29) is 0 Å². The molecule has 0 radical (unpaired) electrons. The Balaban J connectivity index is 1.74. The van der Waals surface area contributed by atoms with Gasteiger partial charge in [0.25, 0.3) is 0 Å². The summed E-state index contributed by atoms with van der Waals surface area (Å²) >= 11 is 1.74. The first-order chi connectivity index (χ1) is 11.6. The molecule has 0 aromatic carbocycles. The van der Waals surface area contributed by atoms with Crippen LogP contribution < -0.4 is 10.6 Å². The zero-order valence-corrected chi connectivity index (χ0v) is 16.5. The third-order valence-corrected chi connectivity index (χ3v) is 5.70. The van der Waals surface area contributed by atoms with E-state index in [0.29, 0.717) is 6.54 Å². The van der Waals surface area contributed by atoms with Gasteiger partial charge in [0.1, 0.15) is 5.01 Å². The molecule has 5 nitrogen and oxygen atoms in total. The molecule has 2 rings (SSSR count). The van der Waals surface area contributed by atoms with E-state index in [1.807, 2.05) is 0 Å². The van der Waals surface area contributed by atoms with Crippen LogP contribution in [0.15, 0.2) is 4.99 Å². The fourth-order valence-electron chi connectivity index (χ4n) is 3.07. The van der Waals surface area contributed by atoms with Crippen molar-refractivity contribution in [3.8, 4) is 0 Å². The number of guanidine groups is 1. The van der Waals surface area contributed by atoms with Crippen molar-refractivity contribution in [2.45, 2.75) is 66.0 Å². The molecule has 6 heteroatoms. The molecular formula is C18H33N5S. The molecule has 1 aliphatic heterocycles. The minimum atomic E-state index is 0.651. The first kappa shape index (κ1) is 19.2. The van der Waals surface area contributed by atoms with Gasteiger partial charge in [0.2, 0.25) is 0 Å². The van der Waals surface area contributed by atoms with Crippen LogP contribution in [0, 0.1) is 13.8 Å². The number of nitrogens with zero attached hydrogens (tertiary/aromatic N) is 3. The molecule has 24 heavy (non-hydrogen) atoms. The van der Waals surface area contributed by atoms with Gasteiger partial charge in [0.15, 0.2) is 5.96 Å². The zero-order valence-electron chi connectivity index (χ0n) is 15.7. The summed E-state index contributed by atoms with van der Waals surface area (Å²) in [4.78, 5) is 13.1. The van der Waals surface area contributed by atoms with Gasteiger partial charge in [-0.3, -0.25) is 0 Å². The quantitative estimate of drug-likeness (QED) is 0.450. The Morgan fingerprint density at radius 2 is 2.17 bits per heavy atom. The molecule has 2 heterocycles. The second-order valence-corrected chi connectivity index (χ2v) is 7.89. The number of aliphatic imine (C=N–C) groups is 1. The molecule has 0 aliphatic carbocycles. The summed E-state index contributed by atoms with van der Waals surface area (Å²) in [6.07, 6.45) is 5.26. The maximum absolute atomic E-state index is 4.67. The van der Waals surface area contributed by atoms with Crippen LogP contribution in [0.3, 0.4) is 0 Å². The second-order valence-electron chi connectivity index (χ2n) is 6.61. The first-order valence-electron chi connectivity index (χ1n) is 9.29. The highest BCUT2D eigenvalue weighted by Crippen LogP contribution is 2.17. The van der Waals surface area contributed by atoms with Crippen molar-refractivity contribution in [1.82, 2.24) is 20.5 Å². The molecule has 1 aromatic heterocycles. The molecule has 0 saturated carbocycles. The lowest BCUT2D eigenvalue weighted by Crippen LogP contribution is -2.41. The van der Waals surface area contributed by atoms with Crippen LogP contribution in [-0.4, -0.2) is 48.1 Å².